The first-order valence-electron chi connectivity index (χ1n) is 10.2. The third-order valence-corrected chi connectivity index (χ3v) is 5.72. The Bertz CT molecular complexity index is 1130. The molecule has 0 radical (unpaired) electrons. The summed E-state index contributed by atoms with van der Waals surface area (Å²) < 4.78 is 6.07. The zero-order valence-corrected chi connectivity index (χ0v) is 18.6. The third kappa shape index (κ3) is 4.76. The van der Waals surface area contributed by atoms with Crippen molar-refractivity contribution in [2.24, 2.45) is 5.92 Å². The highest BCUT2D eigenvalue weighted by atomic mass is 35.5. The quantitative estimate of drug-likeness (QED) is 0.421. The molecule has 0 spiro atoms. The monoisotopic (exact) mass is 432 g/mol. The van der Waals surface area contributed by atoms with Crippen LogP contribution in [0.3, 0.4) is 0 Å². The highest BCUT2D eigenvalue weighted by Crippen LogP contribution is 2.36. The molecule has 158 valence electrons. The lowest BCUT2D eigenvalue weighted by Gasteiger charge is -2.29. The summed E-state index contributed by atoms with van der Waals surface area (Å²) in [4.78, 5) is 12.3. The van der Waals surface area contributed by atoms with Gasteiger partial charge in [-0.1, -0.05) is 79.9 Å². The second-order valence-corrected chi connectivity index (χ2v) is 8.06. The van der Waals surface area contributed by atoms with Crippen LogP contribution >= 0.6 is 11.6 Å². The number of halogens is 1. The van der Waals surface area contributed by atoms with E-state index in [0.717, 1.165) is 22.6 Å². The summed E-state index contributed by atoms with van der Waals surface area (Å²) >= 11 is 6.52. The Labute approximate surface area is 188 Å². The Balaban J connectivity index is 2.02. The van der Waals surface area contributed by atoms with Crippen molar-refractivity contribution in [3.8, 4) is 23.3 Å². The van der Waals surface area contributed by atoms with Crippen LogP contribution in [-0.2, 0) is 16.6 Å². The lowest BCUT2D eigenvalue weighted by molar-refractivity contribution is -0.143. The van der Waals surface area contributed by atoms with Crippen molar-refractivity contribution in [2.45, 2.75) is 32.6 Å². The minimum absolute atomic E-state index is 0.222. The molecule has 0 aliphatic carbocycles. The molecule has 3 rings (SSSR count). The molecule has 0 heterocycles. The number of aliphatic carboxylic acids is 1. The van der Waals surface area contributed by atoms with Crippen LogP contribution in [0, 0.1) is 17.8 Å². The molecule has 0 aliphatic rings. The van der Waals surface area contributed by atoms with Crippen LogP contribution < -0.4 is 4.74 Å². The van der Waals surface area contributed by atoms with E-state index < -0.39 is 11.4 Å². The maximum Gasteiger partial charge on any atom is 0.326 e. The van der Waals surface area contributed by atoms with Gasteiger partial charge in [0.05, 0.1) is 0 Å². The van der Waals surface area contributed by atoms with Crippen LogP contribution in [-0.4, -0.2) is 11.1 Å². The Kier molecular flexibility index (Phi) is 7.05. The van der Waals surface area contributed by atoms with E-state index in [-0.39, 0.29) is 5.92 Å². The molecule has 1 N–H and O–H groups in total. The molecule has 1 unspecified atom stereocenters. The number of para-hydroxylation sites is 2. The largest absolute Gasteiger partial charge is 0.480 e. The van der Waals surface area contributed by atoms with Crippen LogP contribution in [0.4, 0.5) is 0 Å². The van der Waals surface area contributed by atoms with E-state index in [0.29, 0.717) is 17.0 Å². The number of hydrogen-bond donors (Lipinski definition) is 1. The second-order valence-electron chi connectivity index (χ2n) is 7.65. The number of carbonyl (C=O) groups is 1. The van der Waals surface area contributed by atoms with Crippen molar-refractivity contribution >= 4 is 17.6 Å². The van der Waals surface area contributed by atoms with Crippen LogP contribution in [0.2, 0.25) is 5.02 Å². The van der Waals surface area contributed by atoms with E-state index in [2.05, 4.69) is 11.8 Å². The molecule has 0 bridgehead atoms. The predicted molar refractivity (Wildman–Crippen MR) is 125 cm³/mol. The molecule has 0 aliphatic heterocycles. The van der Waals surface area contributed by atoms with Gasteiger partial charge in [0.2, 0.25) is 0 Å². The number of carboxylic acids is 1. The van der Waals surface area contributed by atoms with Crippen LogP contribution in [0.15, 0.2) is 72.8 Å². The smallest absolute Gasteiger partial charge is 0.326 e. The normalized spacial score (nSPS) is 12.5. The summed E-state index contributed by atoms with van der Waals surface area (Å²) in [6, 6.07) is 22.7. The molecule has 0 saturated carbocycles. The van der Waals surface area contributed by atoms with Gasteiger partial charge in [0.1, 0.15) is 11.5 Å². The summed E-state index contributed by atoms with van der Waals surface area (Å²) in [5.41, 5.74) is 1.11. The van der Waals surface area contributed by atoms with Gasteiger partial charge in [-0.15, -0.1) is 5.92 Å². The minimum atomic E-state index is -1.30. The van der Waals surface area contributed by atoms with Gasteiger partial charge in [-0.2, -0.15) is 0 Å². The van der Waals surface area contributed by atoms with E-state index >= 15 is 0 Å². The topological polar surface area (TPSA) is 46.5 Å². The summed E-state index contributed by atoms with van der Waals surface area (Å²) in [6.07, 6.45) is 0.503. The molecule has 0 fully saturated rings. The SMILES string of the molecule is CC#CC(C(=O)O)(c1ccc(Cl)c(Cc2ccccc2Oc2ccccc2)c1)C(C)C. The highest BCUT2D eigenvalue weighted by Gasteiger charge is 2.42. The molecule has 31 heavy (non-hydrogen) atoms. The first kappa shape index (κ1) is 22.5. The van der Waals surface area contributed by atoms with Gasteiger partial charge >= 0.3 is 5.97 Å². The number of hydrogen-bond acceptors (Lipinski definition) is 2. The Morgan fingerprint density at radius 2 is 1.71 bits per heavy atom. The Morgan fingerprint density at radius 1 is 1.03 bits per heavy atom. The number of benzene rings is 3. The molecule has 0 saturated heterocycles. The van der Waals surface area contributed by atoms with Crippen molar-refractivity contribution in [3.05, 3.63) is 94.5 Å². The predicted octanol–water partition coefficient (Wildman–Crippen LogP) is 6.72. The molecule has 3 aromatic rings. The van der Waals surface area contributed by atoms with E-state index in [1.165, 1.54) is 0 Å². The number of rotatable bonds is 7. The lowest BCUT2D eigenvalue weighted by atomic mass is 9.71. The fourth-order valence-corrected chi connectivity index (χ4v) is 3.88. The molecular weight excluding hydrogens is 408 g/mol. The van der Waals surface area contributed by atoms with E-state index in [9.17, 15) is 9.90 Å². The standard InChI is InChI=1S/C27H25ClO3/c1-4-16-27(19(2)3,26(29)30)22-14-15-24(28)21(18-22)17-20-10-8-9-13-25(20)31-23-11-6-5-7-12-23/h5-15,18-19H,17H2,1-3H3,(H,29,30). The fraction of sp³-hybridized carbons (Fsp3) is 0.222. The first-order valence-corrected chi connectivity index (χ1v) is 10.5. The molecule has 4 heteroatoms. The third-order valence-electron chi connectivity index (χ3n) is 5.35. The average Bonchev–Trinajstić information content (AvgIpc) is 2.75. The first-order chi connectivity index (χ1) is 14.9. The fourth-order valence-electron chi connectivity index (χ4n) is 3.70. The Hall–Kier alpha value is -3.22. The molecule has 3 nitrogen and oxygen atoms in total. The van der Waals surface area contributed by atoms with Gasteiger partial charge in [-0.3, -0.25) is 4.79 Å². The van der Waals surface area contributed by atoms with Crippen molar-refractivity contribution in [2.75, 3.05) is 0 Å². The number of ether oxygens (including phenoxy) is 1. The van der Waals surface area contributed by atoms with E-state index in [1.807, 2.05) is 74.5 Å². The average molecular weight is 433 g/mol. The number of carboxylic acid groups (broad SMARTS) is 1. The van der Waals surface area contributed by atoms with Crippen molar-refractivity contribution < 1.29 is 14.6 Å². The van der Waals surface area contributed by atoms with Gasteiger partial charge in [0.15, 0.2) is 5.41 Å². The molecule has 0 amide bonds. The van der Waals surface area contributed by atoms with Crippen LogP contribution in [0.5, 0.6) is 11.5 Å². The van der Waals surface area contributed by atoms with Gasteiger partial charge in [-0.05, 0) is 53.8 Å². The van der Waals surface area contributed by atoms with E-state index in [1.54, 1.807) is 19.1 Å². The van der Waals surface area contributed by atoms with Crippen molar-refractivity contribution in [1.82, 2.24) is 0 Å². The maximum absolute atomic E-state index is 12.3. The lowest BCUT2D eigenvalue weighted by Crippen LogP contribution is -2.39. The van der Waals surface area contributed by atoms with Crippen molar-refractivity contribution in [1.29, 1.82) is 0 Å². The molecule has 1 atom stereocenters. The minimum Gasteiger partial charge on any atom is -0.480 e. The molecular formula is C27H25ClO3. The van der Waals surface area contributed by atoms with Crippen molar-refractivity contribution in [3.63, 3.8) is 0 Å². The van der Waals surface area contributed by atoms with Crippen LogP contribution in [0.25, 0.3) is 0 Å². The summed E-state index contributed by atoms with van der Waals surface area (Å²) in [5.74, 6) is 6.05. The van der Waals surface area contributed by atoms with Crippen LogP contribution in [0.1, 0.15) is 37.5 Å². The van der Waals surface area contributed by atoms with Gasteiger partial charge in [0, 0.05) is 11.4 Å². The summed E-state index contributed by atoms with van der Waals surface area (Å²) in [5, 5.41) is 10.7. The van der Waals surface area contributed by atoms with Gasteiger partial charge in [-0.25, -0.2) is 0 Å². The highest BCUT2D eigenvalue weighted by molar-refractivity contribution is 6.31. The molecule has 0 aromatic heterocycles. The zero-order chi connectivity index (χ0) is 22.4. The second kappa shape index (κ2) is 9.73. The van der Waals surface area contributed by atoms with E-state index in [4.69, 9.17) is 16.3 Å². The molecule has 3 aromatic carbocycles. The summed E-state index contributed by atoms with van der Waals surface area (Å²) in [6.45, 7) is 5.40. The maximum atomic E-state index is 12.3. The Morgan fingerprint density at radius 3 is 2.35 bits per heavy atom. The van der Waals surface area contributed by atoms with Gasteiger partial charge < -0.3 is 9.84 Å². The zero-order valence-electron chi connectivity index (χ0n) is 17.9. The van der Waals surface area contributed by atoms with Gasteiger partial charge in [0.25, 0.3) is 0 Å². The summed E-state index contributed by atoms with van der Waals surface area (Å²) in [7, 11) is 0.